The van der Waals surface area contributed by atoms with Gasteiger partial charge in [0.1, 0.15) is 0 Å². The van der Waals surface area contributed by atoms with Gasteiger partial charge in [-0.05, 0) is 98.4 Å². The first-order valence-corrected chi connectivity index (χ1v) is 12.9. The van der Waals surface area contributed by atoms with E-state index in [1.165, 1.54) is 43.3 Å². The molecule has 5 rings (SSSR count). The van der Waals surface area contributed by atoms with E-state index in [2.05, 4.69) is 47.3 Å². The molecule has 10 atom stereocenters. The van der Waals surface area contributed by atoms with Gasteiger partial charge >= 0.3 is 0 Å². The summed E-state index contributed by atoms with van der Waals surface area (Å²) in [5.74, 6) is 3.25. The average molecular weight is 429 g/mol. The second-order valence-electron chi connectivity index (χ2n) is 12.3. The monoisotopic (exact) mass is 428 g/mol. The quantitative estimate of drug-likeness (QED) is 0.464. The molecule has 0 aromatic rings. The molecule has 4 fully saturated rings. The zero-order chi connectivity index (χ0) is 22.2. The van der Waals surface area contributed by atoms with Crippen LogP contribution >= 0.6 is 0 Å². The maximum Gasteiger partial charge on any atom is 0.183 e. The maximum absolute atomic E-state index is 6.58. The predicted octanol–water partition coefficient (Wildman–Crippen LogP) is 6.74. The Kier molecular flexibility index (Phi) is 5.32. The van der Waals surface area contributed by atoms with Crippen molar-refractivity contribution in [1.82, 2.24) is 0 Å². The molecular weight excluding hydrogens is 384 g/mol. The first-order chi connectivity index (χ1) is 14.7. The molecule has 0 aromatic heterocycles. The van der Waals surface area contributed by atoms with Crippen molar-refractivity contribution in [3.63, 3.8) is 0 Å². The molecule has 0 N–H and O–H groups in total. The minimum absolute atomic E-state index is 0.244. The molecule has 0 aromatic carbocycles. The summed E-state index contributed by atoms with van der Waals surface area (Å²) in [5.41, 5.74) is 3.66. The Balaban J connectivity index is 1.58. The summed E-state index contributed by atoms with van der Waals surface area (Å²) >= 11 is 0. The van der Waals surface area contributed by atoms with E-state index in [0.717, 1.165) is 24.7 Å². The number of hydrogen-bond donors (Lipinski definition) is 0. The van der Waals surface area contributed by atoms with Crippen LogP contribution in [0, 0.1) is 46.3 Å². The number of hydrogen-bond acceptors (Lipinski definition) is 3. The Bertz CT molecular complexity index is 772. The zero-order valence-corrected chi connectivity index (χ0v) is 20.7. The third-order valence-corrected chi connectivity index (χ3v) is 10.6. The van der Waals surface area contributed by atoms with Gasteiger partial charge < -0.3 is 14.2 Å². The lowest BCUT2D eigenvalue weighted by Gasteiger charge is -2.56. The van der Waals surface area contributed by atoms with Crippen molar-refractivity contribution in [1.29, 1.82) is 0 Å². The van der Waals surface area contributed by atoms with Crippen LogP contribution in [0.5, 0.6) is 0 Å². The zero-order valence-electron chi connectivity index (χ0n) is 20.7. The van der Waals surface area contributed by atoms with Crippen LogP contribution in [0.3, 0.4) is 0 Å². The Morgan fingerprint density at radius 3 is 2.61 bits per heavy atom. The highest BCUT2D eigenvalue weighted by Crippen LogP contribution is 2.68. The molecule has 5 aliphatic rings. The van der Waals surface area contributed by atoms with Gasteiger partial charge in [-0.25, -0.2) is 0 Å². The SMILES string of the molecule is C=C(C)[C@H]1CC[C@@]2(C)CC[C@]3(C)C[C@H]4[C@@H](C)C[C@@]5(OCC)O[C@H](OC)/C(=C/C[C@H]3[C@H]12)[C@@H]45. The fourth-order valence-corrected chi connectivity index (χ4v) is 9.16. The van der Waals surface area contributed by atoms with Crippen LogP contribution in [0.1, 0.15) is 79.6 Å². The third-order valence-electron chi connectivity index (χ3n) is 10.6. The summed E-state index contributed by atoms with van der Waals surface area (Å²) in [5, 5.41) is 0. The largest absolute Gasteiger partial charge is 0.352 e. The van der Waals surface area contributed by atoms with Crippen LogP contribution < -0.4 is 0 Å². The van der Waals surface area contributed by atoms with Gasteiger partial charge in [-0.2, -0.15) is 0 Å². The number of methoxy groups -OCH3 is 1. The molecule has 174 valence electrons. The Morgan fingerprint density at radius 1 is 1.19 bits per heavy atom. The van der Waals surface area contributed by atoms with Crippen LogP contribution in [-0.2, 0) is 14.2 Å². The molecule has 3 heteroatoms. The number of rotatable bonds is 4. The van der Waals surface area contributed by atoms with Gasteiger partial charge in [0, 0.05) is 26.1 Å². The van der Waals surface area contributed by atoms with Gasteiger partial charge in [-0.3, -0.25) is 0 Å². The van der Waals surface area contributed by atoms with Gasteiger partial charge in [0.2, 0.25) is 0 Å². The minimum Gasteiger partial charge on any atom is -0.352 e. The fourth-order valence-electron chi connectivity index (χ4n) is 9.16. The van der Waals surface area contributed by atoms with Gasteiger partial charge in [0.05, 0.1) is 0 Å². The molecule has 1 aliphatic heterocycles. The number of ether oxygens (including phenoxy) is 3. The molecular formula is C28H44O3. The molecule has 3 nitrogen and oxygen atoms in total. The normalized spacial score (nSPS) is 54.9. The molecule has 0 bridgehead atoms. The summed E-state index contributed by atoms with van der Waals surface area (Å²) in [6.45, 7) is 17.2. The van der Waals surface area contributed by atoms with Crippen molar-refractivity contribution in [2.45, 2.75) is 91.6 Å². The van der Waals surface area contributed by atoms with Crippen molar-refractivity contribution in [3.8, 4) is 0 Å². The molecule has 3 saturated carbocycles. The molecule has 0 radical (unpaired) electrons. The van der Waals surface area contributed by atoms with Crippen molar-refractivity contribution < 1.29 is 14.2 Å². The van der Waals surface area contributed by atoms with E-state index in [-0.39, 0.29) is 6.29 Å². The first-order valence-electron chi connectivity index (χ1n) is 12.9. The van der Waals surface area contributed by atoms with Gasteiger partial charge in [-0.15, -0.1) is 0 Å². The Hall–Kier alpha value is -0.640. The highest BCUT2D eigenvalue weighted by atomic mass is 16.8. The highest BCUT2D eigenvalue weighted by molar-refractivity contribution is 5.27. The molecule has 0 unspecified atom stereocenters. The van der Waals surface area contributed by atoms with Crippen LogP contribution in [0.15, 0.2) is 23.8 Å². The molecule has 0 spiro atoms. The minimum atomic E-state index is -0.481. The Morgan fingerprint density at radius 2 is 1.94 bits per heavy atom. The summed E-state index contributed by atoms with van der Waals surface area (Å²) in [7, 11) is 1.79. The topological polar surface area (TPSA) is 27.7 Å². The standard InChI is InChI=1S/C28H44O3/c1-8-30-28-15-18(4)21-16-27(6)14-13-26(5)12-11-19(17(2)3)24(26)22(27)10-9-20(23(21)28)25(29-7)31-28/h9,18-19,21-25H,2,8,10-16H2,1,3-7H3/b20-9+/t18-,19+,21-,22-,23-,24-,25-,26-,27+,28+/m0/s1. The Labute approximate surface area is 190 Å². The van der Waals surface area contributed by atoms with E-state index in [0.29, 0.717) is 41.1 Å². The lowest BCUT2D eigenvalue weighted by Crippen LogP contribution is -2.48. The van der Waals surface area contributed by atoms with E-state index in [1.54, 1.807) is 7.11 Å². The summed E-state index contributed by atoms with van der Waals surface area (Å²) in [4.78, 5) is 0. The lowest BCUT2D eigenvalue weighted by molar-refractivity contribution is -0.271. The lowest BCUT2D eigenvalue weighted by atomic mass is 9.49. The van der Waals surface area contributed by atoms with E-state index in [9.17, 15) is 0 Å². The van der Waals surface area contributed by atoms with Crippen LogP contribution in [0.2, 0.25) is 0 Å². The van der Waals surface area contributed by atoms with E-state index >= 15 is 0 Å². The summed E-state index contributed by atoms with van der Waals surface area (Å²) in [6, 6.07) is 0. The van der Waals surface area contributed by atoms with Crippen LogP contribution in [-0.4, -0.2) is 25.8 Å². The second kappa shape index (κ2) is 7.43. The van der Waals surface area contributed by atoms with Crippen molar-refractivity contribution in [2.24, 2.45) is 46.3 Å². The van der Waals surface area contributed by atoms with E-state index in [1.807, 2.05) is 0 Å². The third kappa shape index (κ3) is 3.09. The molecule has 0 amide bonds. The van der Waals surface area contributed by atoms with Crippen LogP contribution in [0.25, 0.3) is 0 Å². The van der Waals surface area contributed by atoms with E-state index < -0.39 is 5.79 Å². The highest BCUT2D eigenvalue weighted by Gasteiger charge is 2.65. The van der Waals surface area contributed by atoms with Gasteiger partial charge in [-0.1, -0.05) is 39.0 Å². The number of allylic oxidation sites excluding steroid dienone is 2. The second-order valence-corrected chi connectivity index (χ2v) is 12.3. The van der Waals surface area contributed by atoms with Crippen molar-refractivity contribution in [3.05, 3.63) is 23.8 Å². The predicted molar refractivity (Wildman–Crippen MR) is 124 cm³/mol. The van der Waals surface area contributed by atoms with Crippen molar-refractivity contribution in [2.75, 3.05) is 13.7 Å². The first kappa shape index (κ1) is 22.2. The molecule has 1 heterocycles. The fraction of sp³-hybridized carbons (Fsp3) is 0.857. The molecule has 31 heavy (non-hydrogen) atoms. The maximum atomic E-state index is 6.58. The smallest absolute Gasteiger partial charge is 0.183 e. The number of fused-ring (bicyclic) bond motifs is 3. The average Bonchev–Trinajstić information content (AvgIpc) is 3.28. The van der Waals surface area contributed by atoms with Crippen LogP contribution in [0.4, 0.5) is 0 Å². The summed E-state index contributed by atoms with van der Waals surface area (Å²) in [6.07, 6.45) is 11.2. The molecule has 1 saturated heterocycles. The molecule has 4 aliphatic carbocycles. The van der Waals surface area contributed by atoms with Gasteiger partial charge in [0.25, 0.3) is 0 Å². The summed E-state index contributed by atoms with van der Waals surface area (Å²) < 4.78 is 18.9. The van der Waals surface area contributed by atoms with E-state index in [4.69, 9.17) is 14.2 Å². The van der Waals surface area contributed by atoms with Gasteiger partial charge in [0.15, 0.2) is 12.1 Å². The van der Waals surface area contributed by atoms with Crippen molar-refractivity contribution >= 4 is 0 Å².